The predicted molar refractivity (Wildman–Crippen MR) is 74.6 cm³/mol. The molecule has 0 aromatic carbocycles. The fourth-order valence-corrected chi connectivity index (χ4v) is 1.91. The van der Waals surface area contributed by atoms with Gasteiger partial charge in [-0.05, 0) is 39.5 Å². The number of hydrogen-bond acceptors (Lipinski definition) is 6. The van der Waals surface area contributed by atoms with Crippen LogP contribution in [0.5, 0.6) is 0 Å². The lowest BCUT2D eigenvalue weighted by molar-refractivity contribution is -0.144. The minimum Gasteiger partial charge on any atom is -0.466 e. The number of nitriles is 2. The molecule has 0 aliphatic rings. The molecule has 0 aliphatic carbocycles. The Morgan fingerprint density at radius 1 is 0.905 bits per heavy atom. The van der Waals surface area contributed by atoms with E-state index in [9.17, 15) is 20.1 Å². The number of esters is 2. The molecule has 0 saturated carbocycles. The normalized spacial score (nSPS) is 10.3. The SMILES string of the molecule is CCOC(=O)CCCC(C#N)(C#N)CCCC(=O)OCC. The van der Waals surface area contributed by atoms with Crippen LogP contribution in [0.3, 0.4) is 0 Å². The minimum absolute atomic E-state index is 0.191. The van der Waals surface area contributed by atoms with Crippen molar-refractivity contribution in [2.24, 2.45) is 5.41 Å². The number of ether oxygens (including phenoxy) is 2. The lowest BCUT2D eigenvalue weighted by atomic mass is 9.81. The molecule has 0 spiro atoms. The van der Waals surface area contributed by atoms with Crippen LogP contribution in [0.15, 0.2) is 0 Å². The van der Waals surface area contributed by atoms with E-state index in [0.717, 1.165) is 0 Å². The second-order valence-corrected chi connectivity index (χ2v) is 4.62. The number of hydrogen-bond donors (Lipinski definition) is 0. The zero-order valence-corrected chi connectivity index (χ0v) is 12.7. The zero-order valence-electron chi connectivity index (χ0n) is 12.7. The average molecular weight is 294 g/mol. The largest absolute Gasteiger partial charge is 0.466 e. The van der Waals surface area contributed by atoms with Gasteiger partial charge in [-0.3, -0.25) is 9.59 Å². The Labute approximate surface area is 125 Å². The summed E-state index contributed by atoms with van der Waals surface area (Å²) >= 11 is 0. The number of rotatable bonds is 10. The van der Waals surface area contributed by atoms with Crippen LogP contribution < -0.4 is 0 Å². The van der Waals surface area contributed by atoms with E-state index < -0.39 is 5.41 Å². The lowest BCUT2D eigenvalue weighted by Crippen LogP contribution is -2.18. The van der Waals surface area contributed by atoms with Crippen molar-refractivity contribution in [2.75, 3.05) is 13.2 Å². The second-order valence-electron chi connectivity index (χ2n) is 4.62. The topological polar surface area (TPSA) is 100 Å². The van der Waals surface area contributed by atoms with Gasteiger partial charge in [-0.1, -0.05) is 0 Å². The molecule has 0 fully saturated rings. The summed E-state index contributed by atoms with van der Waals surface area (Å²) in [6.07, 6.45) is 1.80. The first kappa shape index (κ1) is 18.9. The summed E-state index contributed by atoms with van der Waals surface area (Å²) in [5.74, 6) is -0.650. The summed E-state index contributed by atoms with van der Waals surface area (Å²) in [5, 5.41) is 18.4. The number of carbonyl (C=O) groups excluding carboxylic acids is 2. The van der Waals surface area contributed by atoms with E-state index in [1.54, 1.807) is 13.8 Å². The molecule has 0 rings (SSSR count). The molecule has 0 amide bonds. The molecule has 0 radical (unpaired) electrons. The molecular weight excluding hydrogens is 272 g/mol. The van der Waals surface area contributed by atoms with Crippen LogP contribution in [-0.2, 0) is 19.1 Å². The first-order valence-electron chi connectivity index (χ1n) is 7.17. The van der Waals surface area contributed by atoms with E-state index in [1.165, 1.54) is 0 Å². The van der Waals surface area contributed by atoms with Gasteiger partial charge in [-0.2, -0.15) is 10.5 Å². The van der Waals surface area contributed by atoms with Gasteiger partial charge in [0.1, 0.15) is 5.41 Å². The van der Waals surface area contributed by atoms with Gasteiger partial charge in [0.2, 0.25) is 0 Å². The highest BCUT2D eigenvalue weighted by molar-refractivity contribution is 5.69. The van der Waals surface area contributed by atoms with Gasteiger partial charge in [-0.15, -0.1) is 0 Å². The lowest BCUT2D eigenvalue weighted by Gasteiger charge is -2.17. The smallest absolute Gasteiger partial charge is 0.305 e. The van der Waals surface area contributed by atoms with Gasteiger partial charge in [-0.25, -0.2) is 0 Å². The molecule has 0 saturated heterocycles. The van der Waals surface area contributed by atoms with Gasteiger partial charge in [0.15, 0.2) is 0 Å². The Hall–Kier alpha value is -2.08. The van der Waals surface area contributed by atoms with Crippen molar-refractivity contribution < 1.29 is 19.1 Å². The van der Waals surface area contributed by atoms with E-state index in [2.05, 4.69) is 0 Å². The quantitative estimate of drug-likeness (QED) is 0.574. The van der Waals surface area contributed by atoms with Gasteiger partial charge >= 0.3 is 11.9 Å². The summed E-state index contributed by atoms with van der Waals surface area (Å²) < 4.78 is 9.59. The van der Waals surface area contributed by atoms with Crippen molar-refractivity contribution in [1.29, 1.82) is 10.5 Å². The molecule has 0 aliphatic heterocycles. The van der Waals surface area contributed by atoms with Crippen molar-refractivity contribution in [3.63, 3.8) is 0 Å². The first-order chi connectivity index (χ1) is 10.0. The van der Waals surface area contributed by atoms with Gasteiger partial charge in [0.05, 0.1) is 25.4 Å². The van der Waals surface area contributed by atoms with Crippen molar-refractivity contribution in [1.82, 2.24) is 0 Å². The highest BCUT2D eigenvalue weighted by Crippen LogP contribution is 2.29. The summed E-state index contributed by atoms with van der Waals surface area (Å²) in [4.78, 5) is 22.5. The minimum atomic E-state index is -1.15. The molecule has 0 atom stereocenters. The van der Waals surface area contributed by atoms with Crippen LogP contribution >= 0.6 is 0 Å². The Kier molecular flexibility index (Phi) is 9.62. The molecule has 0 bridgehead atoms. The third kappa shape index (κ3) is 7.94. The zero-order chi connectivity index (χ0) is 16.1. The summed E-state index contributed by atoms with van der Waals surface area (Å²) in [7, 11) is 0. The molecule has 116 valence electrons. The molecule has 0 unspecified atom stereocenters. The number of nitrogens with zero attached hydrogens (tertiary/aromatic N) is 2. The van der Waals surface area contributed by atoms with E-state index in [0.29, 0.717) is 38.9 Å². The maximum atomic E-state index is 11.2. The fourth-order valence-electron chi connectivity index (χ4n) is 1.91. The molecule has 6 heteroatoms. The van der Waals surface area contributed by atoms with Crippen LogP contribution in [0.25, 0.3) is 0 Å². The van der Waals surface area contributed by atoms with Gasteiger partial charge in [0.25, 0.3) is 0 Å². The Morgan fingerprint density at radius 2 is 1.29 bits per heavy atom. The first-order valence-corrected chi connectivity index (χ1v) is 7.17. The second kappa shape index (κ2) is 10.7. The van der Waals surface area contributed by atoms with Gasteiger partial charge < -0.3 is 9.47 Å². The summed E-state index contributed by atoms with van der Waals surface area (Å²) in [5.41, 5.74) is -1.15. The molecular formula is C15H22N2O4. The average Bonchev–Trinajstić information content (AvgIpc) is 2.46. The Balaban J connectivity index is 4.25. The molecule has 21 heavy (non-hydrogen) atoms. The highest BCUT2D eigenvalue weighted by Gasteiger charge is 2.29. The molecule has 0 aromatic rings. The van der Waals surface area contributed by atoms with E-state index in [1.807, 2.05) is 12.1 Å². The molecule has 0 aromatic heterocycles. The van der Waals surface area contributed by atoms with Crippen molar-refractivity contribution >= 4 is 11.9 Å². The highest BCUT2D eigenvalue weighted by atomic mass is 16.5. The fraction of sp³-hybridized carbons (Fsp3) is 0.733. The molecule has 6 nitrogen and oxygen atoms in total. The van der Waals surface area contributed by atoms with E-state index >= 15 is 0 Å². The van der Waals surface area contributed by atoms with Crippen LogP contribution in [0.2, 0.25) is 0 Å². The van der Waals surface area contributed by atoms with Crippen LogP contribution in [-0.4, -0.2) is 25.2 Å². The van der Waals surface area contributed by atoms with Crippen molar-refractivity contribution in [3.05, 3.63) is 0 Å². The van der Waals surface area contributed by atoms with Crippen LogP contribution in [0.1, 0.15) is 52.4 Å². The van der Waals surface area contributed by atoms with Crippen LogP contribution in [0, 0.1) is 28.1 Å². The van der Waals surface area contributed by atoms with Gasteiger partial charge in [0, 0.05) is 12.8 Å². The van der Waals surface area contributed by atoms with E-state index in [-0.39, 0.29) is 24.8 Å². The Bertz CT molecular complexity index is 380. The standard InChI is InChI=1S/C15H22N2O4/c1-3-20-13(18)7-5-9-15(11-16,12-17)10-6-8-14(19)21-4-2/h3-10H2,1-2H3. The summed E-state index contributed by atoms with van der Waals surface area (Å²) in [6, 6.07) is 4.02. The van der Waals surface area contributed by atoms with Crippen molar-refractivity contribution in [3.8, 4) is 12.1 Å². The Morgan fingerprint density at radius 3 is 1.57 bits per heavy atom. The van der Waals surface area contributed by atoms with Crippen molar-refractivity contribution in [2.45, 2.75) is 52.4 Å². The predicted octanol–water partition coefficient (Wildman–Crippen LogP) is 2.49. The summed E-state index contributed by atoms with van der Waals surface area (Å²) in [6.45, 7) is 4.09. The van der Waals surface area contributed by atoms with E-state index in [4.69, 9.17) is 9.47 Å². The monoisotopic (exact) mass is 294 g/mol. The number of carbonyl (C=O) groups is 2. The molecule has 0 heterocycles. The maximum Gasteiger partial charge on any atom is 0.305 e. The van der Waals surface area contributed by atoms with Crippen LogP contribution in [0.4, 0.5) is 0 Å². The molecule has 0 N–H and O–H groups in total. The third-order valence-electron chi connectivity index (χ3n) is 3.01. The third-order valence-corrected chi connectivity index (χ3v) is 3.01. The maximum absolute atomic E-state index is 11.2.